The van der Waals surface area contributed by atoms with E-state index in [-0.39, 0.29) is 31.8 Å². The lowest BCUT2D eigenvalue weighted by atomic mass is 10.1. The van der Waals surface area contributed by atoms with Crippen molar-refractivity contribution in [3.63, 3.8) is 0 Å². The molecule has 0 aromatic carbocycles. The van der Waals surface area contributed by atoms with Crippen molar-refractivity contribution in [3.05, 3.63) is 18.2 Å². The van der Waals surface area contributed by atoms with Crippen molar-refractivity contribution < 1.29 is 29.1 Å². The van der Waals surface area contributed by atoms with Gasteiger partial charge in [0.1, 0.15) is 18.1 Å². The average Bonchev–Trinajstić information content (AvgIpc) is 3.27. The number of nitrogens with one attached hydrogen (secondary N) is 4. The number of carbonyl (C=O) groups is 5. The molecule has 1 rings (SSSR count). The Balaban J connectivity index is 2.99. The number of hydrogen-bond acceptors (Lipinski definition) is 8. The number of aromatic amines is 1. The molecule has 13 N–H and O–H groups in total. The highest BCUT2D eigenvalue weighted by Crippen LogP contribution is 2.05. The van der Waals surface area contributed by atoms with Gasteiger partial charge in [0.05, 0.1) is 19.3 Å². The van der Waals surface area contributed by atoms with Gasteiger partial charge in [-0.25, -0.2) is 9.78 Å². The van der Waals surface area contributed by atoms with Crippen molar-refractivity contribution in [3.8, 4) is 0 Å². The molecule has 0 aliphatic heterocycles. The number of guanidine groups is 1. The third kappa shape index (κ3) is 10.4. The maximum atomic E-state index is 12.9. The van der Waals surface area contributed by atoms with E-state index >= 15 is 0 Å². The molecule has 3 atom stereocenters. The average molecular weight is 483 g/mol. The molecule has 0 spiro atoms. The van der Waals surface area contributed by atoms with Gasteiger partial charge in [-0.15, -0.1) is 0 Å². The minimum absolute atomic E-state index is 0.0128. The van der Waals surface area contributed by atoms with Crippen LogP contribution in [0, 0.1) is 0 Å². The number of imidazole rings is 1. The van der Waals surface area contributed by atoms with Crippen LogP contribution in [0.2, 0.25) is 0 Å². The Hall–Kier alpha value is -4.21. The van der Waals surface area contributed by atoms with Crippen LogP contribution in [0.5, 0.6) is 0 Å². The molecule has 0 saturated carbocycles. The Morgan fingerprint density at radius 2 is 1.68 bits per heavy atom. The maximum Gasteiger partial charge on any atom is 0.326 e. The standard InChI is InChI=1S/C18H30N10O6/c19-6-14(30)26-11(5-13(20)29)16(32)27-10(2-1-3-24-18(21)22)15(31)28-12(17(33)34)4-9-7-23-8-25-9/h7-8,10-12H,1-6,19H2,(H2,20,29)(H,23,25)(H,26,30)(H,27,32)(H,28,31)(H,33,34)(H4,21,22,24). The van der Waals surface area contributed by atoms with Gasteiger partial charge in [0, 0.05) is 24.9 Å². The van der Waals surface area contributed by atoms with Crippen LogP contribution in [0.4, 0.5) is 0 Å². The first-order valence-corrected chi connectivity index (χ1v) is 10.2. The van der Waals surface area contributed by atoms with Gasteiger partial charge >= 0.3 is 5.97 Å². The molecule has 0 radical (unpaired) electrons. The SMILES string of the molecule is NCC(=O)NC(CC(N)=O)C(=O)NC(CCCN=C(N)N)C(=O)NC(Cc1cnc[nH]1)C(=O)O. The van der Waals surface area contributed by atoms with Gasteiger partial charge in [-0.1, -0.05) is 0 Å². The van der Waals surface area contributed by atoms with Crippen molar-refractivity contribution in [2.24, 2.45) is 27.9 Å². The molecule has 1 heterocycles. The predicted octanol–water partition coefficient (Wildman–Crippen LogP) is -4.62. The van der Waals surface area contributed by atoms with Crippen molar-refractivity contribution in [2.75, 3.05) is 13.1 Å². The van der Waals surface area contributed by atoms with Gasteiger partial charge in [-0.3, -0.25) is 24.2 Å². The topological polar surface area (TPSA) is 287 Å². The summed E-state index contributed by atoms with van der Waals surface area (Å²) in [6.07, 6.45) is 2.38. The number of hydrogen-bond donors (Lipinski definition) is 9. The third-order valence-electron chi connectivity index (χ3n) is 4.41. The molecule has 16 nitrogen and oxygen atoms in total. The van der Waals surface area contributed by atoms with E-state index in [9.17, 15) is 29.1 Å². The minimum Gasteiger partial charge on any atom is -0.480 e. The van der Waals surface area contributed by atoms with E-state index in [1.165, 1.54) is 12.5 Å². The summed E-state index contributed by atoms with van der Waals surface area (Å²) in [4.78, 5) is 70.5. The summed E-state index contributed by atoms with van der Waals surface area (Å²) in [6, 6.07) is -3.96. The van der Waals surface area contributed by atoms with E-state index in [0.717, 1.165) is 0 Å². The predicted molar refractivity (Wildman–Crippen MR) is 118 cm³/mol. The summed E-state index contributed by atoms with van der Waals surface area (Å²) in [6.45, 7) is -0.314. The second kappa shape index (κ2) is 14.0. The molecule has 34 heavy (non-hydrogen) atoms. The highest BCUT2D eigenvalue weighted by atomic mass is 16.4. The number of aliphatic carboxylic acids is 1. The molecular weight excluding hydrogens is 452 g/mol. The van der Waals surface area contributed by atoms with E-state index in [4.69, 9.17) is 22.9 Å². The molecule has 188 valence electrons. The summed E-state index contributed by atoms with van der Waals surface area (Å²) in [5.74, 6) is -4.77. The van der Waals surface area contributed by atoms with E-state index in [1.54, 1.807) is 0 Å². The van der Waals surface area contributed by atoms with Crippen LogP contribution in [-0.2, 0) is 30.4 Å². The zero-order valence-electron chi connectivity index (χ0n) is 18.3. The molecule has 0 aliphatic rings. The Morgan fingerprint density at radius 3 is 2.21 bits per heavy atom. The monoisotopic (exact) mass is 482 g/mol. The molecule has 3 unspecified atom stereocenters. The fraction of sp³-hybridized carbons (Fsp3) is 0.500. The zero-order chi connectivity index (χ0) is 25.7. The summed E-state index contributed by atoms with van der Waals surface area (Å²) in [7, 11) is 0. The fourth-order valence-corrected chi connectivity index (χ4v) is 2.80. The lowest BCUT2D eigenvalue weighted by Crippen LogP contribution is -2.57. The Morgan fingerprint density at radius 1 is 1.03 bits per heavy atom. The molecule has 0 saturated heterocycles. The number of nitrogens with two attached hydrogens (primary N) is 4. The number of rotatable bonds is 15. The molecule has 0 bridgehead atoms. The summed E-state index contributed by atoms with van der Waals surface area (Å²) < 4.78 is 0. The van der Waals surface area contributed by atoms with Crippen LogP contribution in [0.1, 0.15) is 25.0 Å². The number of H-pyrrole nitrogens is 1. The van der Waals surface area contributed by atoms with Crippen LogP contribution in [0.3, 0.4) is 0 Å². The van der Waals surface area contributed by atoms with Gasteiger partial charge in [0.15, 0.2) is 5.96 Å². The van der Waals surface area contributed by atoms with Crippen LogP contribution in [0.15, 0.2) is 17.5 Å². The lowest BCUT2D eigenvalue weighted by Gasteiger charge is -2.24. The van der Waals surface area contributed by atoms with Crippen LogP contribution < -0.4 is 38.9 Å². The van der Waals surface area contributed by atoms with Gasteiger partial charge in [-0.2, -0.15) is 0 Å². The number of carboxylic acids is 1. The smallest absolute Gasteiger partial charge is 0.326 e. The quantitative estimate of drug-likeness (QED) is 0.0654. The van der Waals surface area contributed by atoms with Crippen molar-refractivity contribution >= 4 is 35.6 Å². The van der Waals surface area contributed by atoms with Crippen LogP contribution in [0.25, 0.3) is 0 Å². The van der Waals surface area contributed by atoms with E-state index < -0.39 is 60.7 Å². The largest absolute Gasteiger partial charge is 0.480 e. The second-order valence-electron chi connectivity index (χ2n) is 7.19. The third-order valence-corrected chi connectivity index (χ3v) is 4.41. The molecule has 4 amide bonds. The van der Waals surface area contributed by atoms with E-state index in [2.05, 4.69) is 30.9 Å². The van der Waals surface area contributed by atoms with Gasteiger partial charge in [0.2, 0.25) is 23.6 Å². The van der Waals surface area contributed by atoms with Gasteiger partial charge in [0.25, 0.3) is 0 Å². The van der Waals surface area contributed by atoms with Gasteiger partial charge in [-0.05, 0) is 12.8 Å². The fourth-order valence-electron chi connectivity index (χ4n) is 2.80. The number of carbonyl (C=O) groups excluding carboxylic acids is 4. The number of nitrogens with zero attached hydrogens (tertiary/aromatic N) is 2. The molecule has 0 aliphatic carbocycles. The zero-order valence-corrected chi connectivity index (χ0v) is 18.3. The number of amides is 4. The molecule has 16 heteroatoms. The number of aliphatic imine (C=N–C) groups is 1. The summed E-state index contributed by atoms with van der Waals surface area (Å²) in [5.41, 5.74) is 21.4. The summed E-state index contributed by atoms with van der Waals surface area (Å²) in [5, 5.41) is 16.5. The van der Waals surface area contributed by atoms with Crippen LogP contribution >= 0.6 is 0 Å². The van der Waals surface area contributed by atoms with Crippen molar-refractivity contribution in [1.29, 1.82) is 0 Å². The lowest BCUT2D eigenvalue weighted by molar-refractivity contribution is -0.142. The van der Waals surface area contributed by atoms with Crippen LogP contribution in [-0.4, -0.2) is 81.8 Å². The van der Waals surface area contributed by atoms with E-state index in [0.29, 0.717) is 5.69 Å². The number of aromatic nitrogens is 2. The molecule has 0 fully saturated rings. The first kappa shape index (κ1) is 27.8. The number of primary amides is 1. The molecule has 1 aromatic rings. The Labute approximate surface area is 194 Å². The van der Waals surface area contributed by atoms with Crippen molar-refractivity contribution in [1.82, 2.24) is 25.9 Å². The Bertz CT molecular complexity index is 884. The second-order valence-corrected chi connectivity index (χ2v) is 7.19. The van der Waals surface area contributed by atoms with E-state index in [1.807, 2.05) is 0 Å². The van der Waals surface area contributed by atoms with Crippen molar-refractivity contribution in [2.45, 2.75) is 43.8 Å². The normalized spacial score (nSPS) is 13.1. The minimum atomic E-state index is -1.39. The molecule has 1 aromatic heterocycles. The number of carboxylic acid groups (broad SMARTS) is 1. The summed E-state index contributed by atoms with van der Waals surface area (Å²) >= 11 is 0. The first-order valence-electron chi connectivity index (χ1n) is 10.2. The maximum absolute atomic E-state index is 12.9. The highest BCUT2D eigenvalue weighted by Gasteiger charge is 2.30. The van der Waals surface area contributed by atoms with Gasteiger partial charge < -0.3 is 49.0 Å². The molecular formula is C18H30N10O6. The Kier molecular flexibility index (Phi) is 11.5. The first-order chi connectivity index (χ1) is 16.0. The highest BCUT2D eigenvalue weighted by molar-refractivity contribution is 5.95.